The van der Waals surface area contributed by atoms with Gasteiger partial charge in [0.2, 0.25) is 5.91 Å². The molecule has 39 heavy (non-hydrogen) atoms. The number of rotatable bonds is 6. The SMILES string of the molecule is O=C(CN1CN(c2ccccc2)C2(CCN(C(=O)c3cccc(C(F)(F)F)c3)CC2)C1=O)NCc1ccco1. The Balaban J connectivity index is 1.31. The van der Waals surface area contributed by atoms with Crippen molar-refractivity contribution in [3.05, 3.63) is 89.9 Å². The van der Waals surface area contributed by atoms with E-state index in [-0.39, 0.29) is 63.1 Å². The molecule has 1 aromatic heterocycles. The van der Waals surface area contributed by atoms with E-state index in [0.717, 1.165) is 17.8 Å². The molecule has 2 fully saturated rings. The highest BCUT2D eigenvalue weighted by atomic mass is 19.4. The minimum Gasteiger partial charge on any atom is -0.467 e. The van der Waals surface area contributed by atoms with Crippen molar-refractivity contribution >= 4 is 23.4 Å². The highest BCUT2D eigenvalue weighted by Gasteiger charge is 2.54. The van der Waals surface area contributed by atoms with E-state index in [2.05, 4.69) is 5.32 Å². The summed E-state index contributed by atoms with van der Waals surface area (Å²) < 4.78 is 44.7. The fourth-order valence-corrected chi connectivity index (χ4v) is 5.24. The van der Waals surface area contributed by atoms with Gasteiger partial charge in [-0.1, -0.05) is 24.3 Å². The van der Waals surface area contributed by atoms with Crippen LogP contribution < -0.4 is 10.2 Å². The van der Waals surface area contributed by atoms with E-state index in [1.54, 1.807) is 12.1 Å². The Morgan fingerprint density at radius 2 is 1.72 bits per heavy atom. The molecule has 3 amide bonds. The Hall–Kier alpha value is -4.28. The van der Waals surface area contributed by atoms with Gasteiger partial charge in [-0.2, -0.15) is 13.2 Å². The molecule has 8 nitrogen and oxygen atoms in total. The molecule has 3 aromatic rings. The van der Waals surface area contributed by atoms with Gasteiger partial charge in [-0.25, -0.2) is 0 Å². The lowest BCUT2D eigenvalue weighted by molar-refractivity contribution is -0.137. The summed E-state index contributed by atoms with van der Waals surface area (Å²) in [4.78, 5) is 44.5. The molecule has 0 aliphatic carbocycles. The van der Waals surface area contributed by atoms with E-state index in [9.17, 15) is 27.6 Å². The standard InChI is InChI=1S/C28H27F3N4O4/c29-28(30,31)21-7-4-6-20(16-21)25(37)33-13-11-27(12-14-33)26(38)34(19-35(27)22-8-2-1-3-9-22)18-24(36)32-17-23-10-5-15-39-23/h1-10,15-16H,11-14,17-19H2,(H,32,36). The van der Waals surface area contributed by atoms with Crippen molar-refractivity contribution in [3.8, 4) is 0 Å². The molecule has 2 aliphatic heterocycles. The van der Waals surface area contributed by atoms with Gasteiger partial charge < -0.3 is 24.4 Å². The number of benzene rings is 2. The van der Waals surface area contributed by atoms with Crippen molar-refractivity contribution < 1.29 is 32.0 Å². The lowest BCUT2D eigenvalue weighted by Crippen LogP contribution is -2.57. The maximum atomic E-state index is 13.8. The summed E-state index contributed by atoms with van der Waals surface area (Å²) in [6.07, 6.45) is -2.49. The Labute approximate surface area is 223 Å². The minimum atomic E-state index is -4.55. The van der Waals surface area contributed by atoms with Gasteiger partial charge in [0.25, 0.3) is 11.8 Å². The monoisotopic (exact) mass is 540 g/mol. The van der Waals surface area contributed by atoms with E-state index in [1.807, 2.05) is 35.2 Å². The van der Waals surface area contributed by atoms with Gasteiger partial charge in [-0.05, 0) is 55.3 Å². The summed E-state index contributed by atoms with van der Waals surface area (Å²) >= 11 is 0. The first-order valence-electron chi connectivity index (χ1n) is 12.5. The summed E-state index contributed by atoms with van der Waals surface area (Å²) in [5.74, 6) is -0.467. The molecule has 3 heterocycles. The summed E-state index contributed by atoms with van der Waals surface area (Å²) in [6, 6.07) is 17.2. The minimum absolute atomic E-state index is 0.0479. The second-order valence-electron chi connectivity index (χ2n) is 9.67. The van der Waals surface area contributed by atoms with E-state index >= 15 is 0 Å². The third kappa shape index (κ3) is 5.34. The molecular weight excluding hydrogens is 513 g/mol. The first-order chi connectivity index (χ1) is 18.7. The molecular formula is C28H27F3N4O4. The van der Waals surface area contributed by atoms with Crippen LogP contribution in [0.2, 0.25) is 0 Å². The summed E-state index contributed by atoms with van der Waals surface area (Å²) in [5, 5.41) is 2.76. The number of alkyl halides is 3. The van der Waals surface area contributed by atoms with Crippen LogP contribution in [0.25, 0.3) is 0 Å². The summed E-state index contributed by atoms with van der Waals surface area (Å²) in [7, 11) is 0. The average molecular weight is 541 g/mol. The van der Waals surface area contributed by atoms with E-state index in [1.165, 1.54) is 28.2 Å². The number of hydrogen-bond donors (Lipinski definition) is 1. The predicted molar refractivity (Wildman–Crippen MR) is 135 cm³/mol. The Kier molecular flexibility index (Phi) is 7.07. The summed E-state index contributed by atoms with van der Waals surface area (Å²) in [6.45, 7) is 0.621. The molecule has 0 atom stereocenters. The first kappa shape index (κ1) is 26.3. The maximum Gasteiger partial charge on any atom is 0.416 e. The van der Waals surface area contributed by atoms with Gasteiger partial charge in [-0.15, -0.1) is 0 Å². The number of hydrogen-bond acceptors (Lipinski definition) is 5. The van der Waals surface area contributed by atoms with Crippen LogP contribution in [0, 0.1) is 0 Å². The summed E-state index contributed by atoms with van der Waals surface area (Å²) in [5.41, 5.74) is -1.10. The van der Waals surface area contributed by atoms with Crippen LogP contribution in [0.15, 0.2) is 77.4 Å². The number of para-hydroxylation sites is 1. The smallest absolute Gasteiger partial charge is 0.416 e. The van der Waals surface area contributed by atoms with Crippen LogP contribution in [0.4, 0.5) is 18.9 Å². The van der Waals surface area contributed by atoms with Gasteiger partial charge in [0.05, 0.1) is 25.0 Å². The van der Waals surface area contributed by atoms with Crippen molar-refractivity contribution in [1.82, 2.24) is 15.1 Å². The average Bonchev–Trinajstić information content (AvgIpc) is 3.55. The lowest BCUT2D eigenvalue weighted by Gasteiger charge is -2.43. The predicted octanol–water partition coefficient (Wildman–Crippen LogP) is 3.90. The molecule has 11 heteroatoms. The van der Waals surface area contributed by atoms with Gasteiger partial charge in [0, 0.05) is 24.3 Å². The van der Waals surface area contributed by atoms with Gasteiger partial charge in [0.15, 0.2) is 0 Å². The second-order valence-corrected chi connectivity index (χ2v) is 9.67. The molecule has 5 rings (SSSR count). The van der Waals surface area contributed by atoms with Crippen LogP contribution in [-0.4, -0.2) is 59.4 Å². The van der Waals surface area contributed by atoms with Crippen LogP contribution >= 0.6 is 0 Å². The number of carbonyl (C=O) groups is 3. The molecule has 2 aliphatic rings. The topological polar surface area (TPSA) is 86.1 Å². The molecule has 0 unspecified atom stereocenters. The Morgan fingerprint density at radius 1 is 0.974 bits per heavy atom. The second kappa shape index (κ2) is 10.5. The zero-order valence-electron chi connectivity index (χ0n) is 21.0. The zero-order valence-corrected chi connectivity index (χ0v) is 21.0. The number of carbonyl (C=O) groups excluding carboxylic acids is 3. The number of nitrogens with one attached hydrogen (secondary N) is 1. The van der Waals surface area contributed by atoms with E-state index < -0.39 is 23.2 Å². The highest BCUT2D eigenvalue weighted by Crippen LogP contribution is 2.40. The van der Waals surface area contributed by atoms with Crippen molar-refractivity contribution in [3.63, 3.8) is 0 Å². The van der Waals surface area contributed by atoms with Gasteiger partial charge >= 0.3 is 6.18 Å². The van der Waals surface area contributed by atoms with Crippen LogP contribution in [0.1, 0.15) is 34.5 Å². The van der Waals surface area contributed by atoms with Crippen LogP contribution in [0.3, 0.4) is 0 Å². The Morgan fingerprint density at radius 3 is 2.38 bits per heavy atom. The lowest BCUT2D eigenvalue weighted by atomic mass is 9.85. The highest BCUT2D eigenvalue weighted by molar-refractivity contribution is 5.97. The van der Waals surface area contributed by atoms with E-state index in [4.69, 9.17) is 4.42 Å². The molecule has 2 saturated heterocycles. The normalized spacial score (nSPS) is 17.1. The third-order valence-corrected chi connectivity index (χ3v) is 7.27. The van der Waals surface area contributed by atoms with Crippen molar-refractivity contribution in [2.45, 2.75) is 31.1 Å². The van der Waals surface area contributed by atoms with E-state index in [0.29, 0.717) is 5.76 Å². The molecule has 204 valence electrons. The van der Waals surface area contributed by atoms with Crippen LogP contribution in [-0.2, 0) is 22.3 Å². The fraction of sp³-hybridized carbons (Fsp3) is 0.321. The molecule has 0 bridgehead atoms. The largest absolute Gasteiger partial charge is 0.467 e. The van der Waals surface area contributed by atoms with Crippen molar-refractivity contribution in [2.24, 2.45) is 0 Å². The quantitative estimate of drug-likeness (QED) is 0.513. The number of nitrogens with zero attached hydrogens (tertiary/aromatic N) is 3. The molecule has 0 saturated carbocycles. The Bertz CT molecular complexity index is 1340. The number of piperidine rings is 1. The molecule has 1 N–H and O–H groups in total. The molecule has 2 aromatic carbocycles. The van der Waals surface area contributed by atoms with Gasteiger partial charge in [0.1, 0.15) is 17.8 Å². The van der Waals surface area contributed by atoms with Crippen molar-refractivity contribution in [2.75, 3.05) is 31.2 Å². The number of halogens is 3. The fourth-order valence-electron chi connectivity index (χ4n) is 5.24. The number of anilines is 1. The molecule has 0 radical (unpaired) electrons. The molecule has 1 spiro atoms. The maximum absolute atomic E-state index is 13.8. The zero-order chi connectivity index (χ0) is 27.6. The van der Waals surface area contributed by atoms with Crippen LogP contribution in [0.5, 0.6) is 0 Å². The number of furan rings is 1. The van der Waals surface area contributed by atoms with Crippen molar-refractivity contribution in [1.29, 1.82) is 0 Å². The number of likely N-dealkylation sites (tertiary alicyclic amines) is 1. The number of amides is 3. The van der Waals surface area contributed by atoms with Gasteiger partial charge in [-0.3, -0.25) is 14.4 Å². The third-order valence-electron chi connectivity index (χ3n) is 7.27. The first-order valence-corrected chi connectivity index (χ1v) is 12.5.